The standard InChI is InChI=1S/C29H37N3O5/c1-19-5-15-26(37-2)24(18-19)31-29(36)30-23-13-11-22(12-14-23)21-9-6-20(7-10-21)8-16-27(33)32-17-3-4-25(32)28(34)35/h5,11-15,18,20-21,25H,3-4,6-10,16-17H2,1-2H3,(H,34,35)(H2,30,31,36). The van der Waals surface area contributed by atoms with Gasteiger partial charge in [-0.05, 0) is 99.1 Å². The summed E-state index contributed by atoms with van der Waals surface area (Å²) in [5.41, 5.74) is 3.64. The first-order valence-corrected chi connectivity index (χ1v) is 13.2. The van der Waals surface area contributed by atoms with E-state index in [1.165, 1.54) is 5.56 Å². The summed E-state index contributed by atoms with van der Waals surface area (Å²) in [7, 11) is 1.57. The number of nitrogens with zero attached hydrogens (tertiary/aromatic N) is 1. The van der Waals surface area contributed by atoms with Gasteiger partial charge < -0.3 is 25.4 Å². The summed E-state index contributed by atoms with van der Waals surface area (Å²) < 4.78 is 5.32. The maximum absolute atomic E-state index is 12.6. The number of carbonyl (C=O) groups is 3. The zero-order chi connectivity index (χ0) is 26.4. The number of nitrogens with one attached hydrogen (secondary N) is 2. The molecule has 2 aromatic carbocycles. The van der Waals surface area contributed by atoms with E-state index in [4.69, 9.17) is 4.74 Å². The third-order valence-electron chi connectivity index (χ3n) is 7.71. The molecule has 8 nitrogen and oxygen atoms in total. The fraction of sp³-hybridized carbons (Fsp3) is 0.483. The molecule has 198 valence electrons. The Bertz CT molecular complexity index is 1110. The van der Waals surface area contributed by atoms with Crippen LogP contribution in [0.25, 0.3) is 0 Å². The number of hydrogen-bond donors (Lipinski definition) is 3. The van der Waals surface area contributed by atoms with Crippen LogP contribution in [0.3, 0.4) is 0 Å². The Morgan fingerprint density at radius 1 is 1.00 bits per heavy atom. The van der Waals surface area contributed by atoms with Crippen LogP contribution in [0, 0.1) is 12.8 Å². The largest absolute Gasteiger partial charge is 0.495 e. The van der Waals surface area contributed by atoms with Crippen LogP contribution in [0.4, 0.5) is 16.2 Å². The van der Waals surface area contributed by atoms with E-state index in [9.17, 15) is 19.5 Å². The second-order valence-electron chi connectivity index (χ2n) is 10.2. The minimum absolute atomic E-state index is 0.0139. The van der Waals surface area contributed by atoms with Crippen molar-refractivity contribution in [1.29, 1.82) is 0 Å². The molecular formula is C29H37N3O5. The summed E-state index contributed by atoms with van der Waals surface area (Å²) in [6.45, 7) is 2.52. The second-order valence-corrected chi connectivity index (χ2v) is 10.2. The lowest BCUT2D eigenvalue weighted by molar-refractivity contribution is -0.148. The number of methoxy groups -OCH3 is 1. The number of urea groups is 1. The molecule has 0 bridgehead atoms. The van der Waals surface area contributed by atoms with Crippen molar-refractivity contribution in [2.24, 2.45) is 5.92 Å². The zero-order valence-corrected chi connectivity index (χ0v) is 21.7. The maximum atomic E-state index is 12.6. The Labute approximate surface area is 218 Å². The fourth-order valence-corrected chi connectivity index (χ4v) is 5.62. The number of likely N-dealkylation sites (tertiary alicyclic amines) is 1. The first-order valence-electron chi connectivity index (χ1n) is 13.2. The average molecular weight is 508 g/mol. The molecule has 3 N–H and O–H groups in total. The lowest BCUT2D eigenvalue weighted by Crippen LogP contribution is -2.40. The molecule has 4 rings (SSSR count). The van der Waals surface area contributed by atoms with E-state index in [0.29, 0.717) is 42.7 Å². The minimum atomic E-state index is -0.889. The first-order chi connectivity index (χ1) is 17.8. The third kappa shape index (κ3) is 6.81. The van der Waals surface area contributed by atoms with Gasteiger partial charge in [0.1, 0.15) is 11.8 Å². The van der Waals surface area contributed by atoms with Gasteiger partial charge in [-0.1, -0.05) is 18.2 Å². The Hall–Kier alpha value is -3.55. The summed E-state index contributed by atoms with van der Waals surface area (Å²) >= 11 is 0. The molecule has 0 spiro atoms. The molecule has 2 aliphatic rings. The Morgan fingerprint density at radius 2 is 1.73 bits per heavy atom. The van der Waals surface area contributed by atoms with Crippen LogP contribution in [0.2, 0.25) is 0 Å². The van der Waals surface area contributed by atoms with Gasteiger partial charge in [0.2, 0.25) is 5.91 Å². The summed E-state index contributed by atoms with van der Waals surface area (Å²) in [6, 6.07) is 12.7. The number of aliphatic carboxylic acids is 1. The number of carboxylic acid groups (broad SMARTS) is 1. The molecule has 1 heterocycles. The number of carboxylic acids is 1. The number of aryl methyl sites for hydroxylation is 1. The minimum Gasteiger partial charge on any atom is -0.495 e. The zero-order valence-electron chi connectivity index (χ0n) is 21.7. The lowest BCUT2D eigenvalue weighted by atomic mass is 9.77. The van der Waals surface area contributed by atoms with Gasteiger partial charge in [0, 0.05) is 18.7 Å². The van der Waals surface area contributed by atoms with Gasteiger partial charge in [0.15, 0.2) is 0 Å². The predicted molar refractivity (Wildman–Crippen MR) is 143 cm³/mol. The molecular weight excluding hydrogens is 470 g/mol. The number of benzene rings is 2. The van der Waals surface area contributed by atoms with Crippen molar-refractivity contribution < 1.29 is 24.2 Å². The highest BCUT2D eigenvalue weighted by atomic mass is 16.5. The molecule has 0 radical (unpaired) electrons. The number of rotatable bonds is 8. The highest BCUT2D eigenvalue weighted by Gasteiger charge is 2.34. The quantitative estimate of drug-likeness (QED) is 0.420. The van der Waals surface area contributed by atoms with Gasteiger partial charge in [0.25, 0.3) is 0 Å². The molecule has 1 atom stereocenters. The molecule has 2 aromatic rings. The van der Waals surface area contributed by atoms with E-state index in [-0.39, 0.29) is 11.9 Å². The number of ether oxygens (including phenoxy) is 1. The third-order valence-corrected chi connectivity index (χ3v) is 7.71. The maximum Gasteiger partial charge on any atom is 0.326 e. The van der Waals surface area contributed by atoms with E-state index < -0.39 is 12.0 Å². The van der Waals surface area contributed by atoms with Crippen LogP contribution in [0.5, 0.6) is 5.75 Å². The first kappa shape index (κ1) is 26.5. The van der Waals surface area contributed by atoms with E-state index in [0.717, 1.165) is 49.8 Å². The van der Waals surface area contributed by atoms with Gasteiger partial charge in [0.05, 0.1) is 12.8 Å². The molecule has 1 aliphatic heterocycles. The van der Waals surface area contributed by atoms with E-state index >= 15 is 0 Å². The summed E-state index contributed by atoms with van der Waals surface area (Å²) in [6.07, 6.45) is 6.89. The van der Waals surface area contributed by atoms with Crippen LogP contribution in [0.15, 0.2) is 42.5 Å². The highest BCUT2D eigenvalue weighted by molar-refractivity contribution is 6.00. The van der Waals surface area contributed by atoms with E-state index in [1.54, 1.807) is 12.0 Å². The van der Waals surface area contributed by atoms with Crippen LogP contribution in [-0.2, 0) is 9.59 Å². The van der Waals surface area contributed by atoms with Gasteiger partial charge in [-0.15, -0.1) is 0 Å². The Kier molecular flexibility index (Phi) is 8.69. The van der Waals surface area contributed by atoms with Crippen LogP contribution < -0.4 is 15.4 Å². The number of anilines is 2. The molecule has 3 amide bonds. The van der Waals surface area contributed by atoms with Crippen LogP contribution in [0.1, 0.15) is 68.4 Å². The van der Waals surface area contributed by atoms with Gasteiger partial charge in [-0.3, -0.25) is 4.79 Å². The lowest BCUT2D eigenvalue weighted by Gasteiger charge is -2.29. The highest BCUT2D eigenvalue weighted by Crippen LogP contribution is 2.38. The van der Waals surface area contributed by atoms with Crippen LogP contribution in [-0.4, -0.2) is 47.6 Å². The Morgan fingerprint density at radius 3 is 2.41 bits per heavy atom. The molecule has 0 aromatic heterocycles. The average Bonchev–Trinajstić information content (AvgIpc) is 3.39. The van der Waals surface area contributed by atoms with Gasteiger partial charge in [-0.2, -0.15) is 0 Å². The molecule has 1 saturated carbocycles. The van der Waals surface area contributed by atoms with Gasteiger partial charge in [-0.25, -0.2) is 9.59 Å². The fourth-order valence-electron chi connectivity index (χ4n) is 5.62. The summed E-state index contributed by atoms with van der Waals surface area (Å²) in [5, 5.41) is 15.0. The predicted octanol–water partition coefficient (Wildman–Crippen LogP) is 5.78. The van der Waals surface area contributed by atoms with E-state index in [1.807, 2.05) is 37.3 Å². The second kappa shape index (κ2) is 12.1. The molecule has 1 saturated heterocycles. The van der Waals surface area contributed by atoms with Crippen LogP contribution >= 0.6 is 0 Å². The topological polar surface area (TPSA) is 108 Å². The molecule has 2 fully saturated rings. The Balaban J connectivity index is 1.22. The summed E-state index contributed by atoms with van der Waals surface area (Å²) in [4.78, 5) is 38.0. The van der Waals surface area contributed by atoms with Crippen molar-refractivity contribution in [2.45, 2.75) is 70.3 Å². The van der Waals surface area contributed by atoms with Crippen molar-refractivity contribution in [3.8, 4) is 5.75 Å². The number of carbonyl (C=O) groups excluding carboxylic acids is 2. The number of amides is 3. The van der Waals surface area contributed by atoms with Gasteiger partial charge >= 0.3 is 12.0 Å². The molecule has 37 heavy (non-hydrogen) atoms. The van der Waals surface area contributed by atoms with Crippen molar-refractivity contribution in [3.63, 3.8) is 0 Å². The SMILES string of the molecule is COc1ccc(C)cc1NC(=O)Nc1ccc(C2CCC(CCC(=O)N3CCCC3C(=O)O)CC2)cc1. The van der Waals surface area contributed by atoms with Crippen molar-refractivity contribution in [1.82, 2.24) is 4.90 Å². The molecule has 1 aliphatic carbocycles. The monoisotopic (exact) mass is 507 g/mol. The van der Waals surface area contributed by atoms with E-state index in [2.05, 4.69) is 22.8 Å². The molecule has 1 unspecified atom stereocenters. The van der Waals surface area contributed by atoms with Crippen molar-refractivity contribution in [3.05, 3.63) is 53.6 Å². The molecule has 8 heteroatoms. The van der Waals surface area contributed by atoms with Crippen molar-refractivity contribution in [2.75, 3.05) is 24.3 Å². The number of hydrogen-bond acceptors (Lipinski definition) is 4. The van der Waals surface area contributed by atoms with Crippen molar-refractivity contribution >= 4 is 29.3 Å². The smallest absolute Gasteiger partial charge is 0.326 e. The summed E-state index contributed by atoms with van der Waals surface area (Å²) in [5.74, 6) is 0.687. The normalized spacial score (nSPS) is 21.4.